The predicted octanol–water partition coefficient (Wildman–Crippen LogP) is 1.68. The Morgan fingerprint density at radius 1 is 1.19 bits per heavy atom. The molecule has 1 aromatic rings. The van der Waals surface area contributed by atoms with Crippen LogP contribution in [0.3, 0.4) is 0 Å². The third-order valence-corrected chi connectivity index (χ3v) is 3.73. The van der Waals surface area contributed by atoms with E-state index in [1.54, 1.807) is 24.3 Å². The number of nitrogens with one attached hydrogen (secondary N) is 1. The Bertz CT molecular complexity index is 470. The Labute approximate surface area is 124 Å². The van der Waals surface area contributed by atoms with Crippen molar-refractivity contribution in [2.75, 3.05) is 6.61 Å². The monoisotopic (exact) mass is 290 g/mol. The van der Waals surface area contributed by atoms with E-state index in [4.69, 9.17) is 10.5 Å². The van der Waals surface area contributed by atoms with Gasteiger partial charge in [0.1, 0.15) is 12.6 Å². The van der Waals surface area contributed by atoms with Gasteiger partial charge < -0.3 is 15.8 Å². The fourth-order valence-corrected chi connectivity index (χ4v) is 2.59. The SMILES string of the molecule is NC(=O)[C@@H](NC(=O)COC1CCCCC1)c1ccccc1. The van der Waals surface area contributed by atoms with E-state index in [0.29, 0.717) is 5.56 Å². The molecule has 1 aliphatic rings. The Hall–Kier alpha value is -1.88. The van der Waals surface area contributed by atoms with Crippen LogP contribution in [0.2, 0.25) is 0 Å². The number of carbonyl (C=O) groups excluding carboxylic acids is 2. The van der Waals surface area contributed by atoms with Gasteiger partial charge in [0.05, 0.1) is 6.10 Å². The summed E-state index contributed by atoms with van der Waals surface area (Å²) >= 11 is 0. The number of benzene rings is 1. The molecule has 0 unspecified atom stereocenters. The molecule has 1 saturated carbocycles. The van der Waals surface area contributed by atoms with Crippen LogP contribution in [0.1, 0.15) is 43.7 Å². The summed E-state index contributed by atoms with van der Waals surface area (Å²) in [7, 11) is 0. The van der Waals surface area contributed by atoms with Gasteiger partial charge in [0.2, 0.25) is 11.8 Å². The summed E-state index contributed by atoms with van der Waals surface area (Å²) in [6.07, 6.45) is 5.72. The largest absolute Gasteiger partial charge is 0.368 e. The van der Waals surface area contributed by atoms with Crippen molar-refractivity contribution in [3.63, 3.8) is 0 Å². The Morgan fingerprint density at radius 2 is 1.86 bits per heavy atom. The minimum Gasteiger partial charge on any atom is -0.368 e. The Morgan fingerprint density at radius 3 is 2.48 bits per heavy atom. The van der Waals surface area contributed by atoms with Gasteiger partial charge in [0, 0.05) is 0 Å². The molecule has 0 bridgehead atoms. The van der Waals surface area contributed by atoms with Gasteiger partial charge in [0.15, 0.2) is 0 Å². The highest BCUT2D eigenvalue weighted by Gasteiger charge is 2.21. The first-order chi connectivity index (χ1) is 10.2. The second kappa shape index (κ2) is 7.78. The minimum absolute atomic E-state index is 0.0265. The lowest BCUT2D eigenvalue weighted by Crippen LogP contribution is -2.39. The molecular formula is C16H22N2O3. The zero-order valence-corrected chi connectivity index (χ0v) is 12.1. The molecule has 2 rings (SSSR count). The van der Waals surface area contributed by atoms with Gasteiger partial charge in [-0.1, -0.05) is 49.6 Å². The van der Waals surface area contributed by atoms with Crippen LogP contribution < -0.4 is 11.1 Å². The first kappa shape index (κ1) is 15.5. The summed E-state index contributed by atoms with van der Waals surface area (Å²) in [5.74, 6) is -0.888. The van der Waals surface area contributed by atoms with E-state index in [1.807, 2.05) is 6.07 Å². The van der Waals surface area contributed by atoms with Crippen LogP contribution in [0.5, 0.6) is 0 Å². The van der Waals surface area contributed by atoms with Crippen LogP contribution in [-0.4, -0.2) is 24.5 Å². The normalized spacial score (nSPS) is 17.1. The molecule has 0 spiro atoms. The molecule has 1 aromatic carbocycles. The Balaban J connectivity index is 1.85. The number of rotatable bonds is 6. The van der Waals surface area contributed by atoms with Crippen LogP contribution in [-0.2, 0) is 14.3 Å². The molecule has 1 aliphatic carbocycles. The van der Waals surface area contributed by atoms with E-state index in [0.717, 1.165) is 25.7 Å². The number of amides is 2. The predicted molar refractivity (Wildman–Crippen MR) is 79.3 cm³/mol. The van der Waals surface area contributed by atoms with E-state index < -0.39 is 11.9 Å². The van der Waals surface area contributed by atoms with Crippen LogP contribution >= 0.6 is 0 Å². The molecule has 0 radical (unpaired) electrons. The van der Waals surface area contributed by atoms with Gasteiger partial charge >= 0.3 is 0 Å². The fourth-order valence-electron chi connectivity index (χ4n) is 2.59. The van der Waals surface area contributed by atoms with Gasteiger partial charge in [-0.25, -0.2) is 0 Å². The average molecular weight is 290 g/mol. The van der Waals surface area contributed by atoms with Crippen molar-refractivity contribution >= 4 is 11.8 Å². The standard InChI is InChI=1S/C16H22N2O3/c17-16(20)15(12-7-3-1-4-8-12)18-14(19)11-21-13-9-5-2-6-10-13/h1,3-4,7-8,13,15H,2,5-6,9-11H2,(H2,17,20)(H,18,19)/t15-/m0/s1. The van der Waals surface area contributed by atoms with Crippen molar-refractivity contribution in [1.29, 1.82) is 0 Å². The number of hydrogen-bond acceptors (Lipinski definition) is 3. The average Bonchev–Trinajstić information content (AvgIpc) is 2.52. The van der Waals surface area contributed by atoms with Crippen LogP contribution in [0, 0.1) is 0 Å². The number of hydrogen-bond donors (Lipinski definition) is 2. The van der Waals surface area contributed by atoms with E-state index in [-0.39, 0.29) is 18.6 Å². The van der Waals surface area contributed by atoms with E-state index in [9.17, 15) is 9.59 Å². The summed E-state index contributed by atoms with van der Waals surface area (Å²) in [6.45, 7) is -0.0265. The maximum absolute atomic E-state index is 11.9. The van der Waals surface area contributed by atoms with E-state index in [1.165, 1.54) is 6.42 Å². The zero-order valence-electron chi connectivity index (χ0n) is 12.1. The van der Waals surface area contributed by atoms with Crippen molar-refractivity contribution in [3.8, 4) is 0 Å². The van der Waals surface area contributed by atoms with Crippen molar-refractivity contribution in [2.24, 2.45) is 5.73 Å². The fraction of sp³-hybridized carbons (Fsp3) is 0.500. The van der Waals surface area contributed by atoms with Gasteiger partial charge in [-0.2, -0.15) is 0 Å². The summed E-state index contributed by atoms with van der Waals surface area (Å²) < 4.78 is 5.60. The molecule has 114 valence electrons. The lowest BCUT2D eigenvalue weighted by molar-refractivity contribution is -0.132. The molecule has 21 heavy (non-hydrogen) atoms. The molecule has 1 atom stereocenters. The minimum atomic E-state index is -0.811. The number of primary amides is 1. The molecule has 0 aromatic heterocycles. The highest BCUT2D eigenvalue weighted by Crippen LogP contribution is 2.20. The number of ether oxygens (including phenoxy) is 1. The van der Waals surface area contributed by atoms with E-state index in [2.05, 4.69) is 5.32 Å². The maximum Gasteiger partial charge on any atom is 0.246 e. The van der Waals surface area contributed by atoms with Gasteiger partial charge in [-0.3, -0.25) is 9.59 Å². The third kappa shape index (κ3) is 4.86. The van der Waals surface area contributed by atoms with Gasteiger partial charge in [-0.15, -0.1) is 0 Å². The van der Waals surface area contributed by atoms with Crippen molar-refractivity contribution in [1.82, 2.24) is 5.32 Å². The lowest BCUT2D eigenvalue weighted by Gasteiger charge is -2.22. The van der Waals surface area contributed by atoms with E-state index >= 15 is 0 Å². The molecule has 0 saturated heterocycles. The van der Waals surface area contributed by atoms with Gasteiger partial charge in [0.25, 0.3) is 0 Å². The summed E-state index contributed by atoms with van der Waals surface area (Å²) in [4.78, 5) is 23.4. The van der Waals surface area contributed by atoms with Crippen molar-refractivity contribution < 1.29 is 14.3 Å². The van der Waals surface area contributed by atoms with Crippen LogP contribution in [0.4, 0.5) is 0 Å². The summed E-state index contributed by atoms with van der Waals surface area (Å²) in [5, 5.41) is 2.63. The second-order valence-corrected chi connectivity index (χ2v) is 5.38. The number of nitrogens with two attached hydrogens (primary N) is 1. The molecule has 1 fully saturated rings. The first-order valence-electron chi connectivity index (χ1n) is 7.42. The molecule has 5 nitrogen and oxygen atoms in total. The molecule has 2 amide bonds. The topological polar surface area (TPSA) is 81.4 Å². The van der Waals surface area contributed by atoms with Crippen molar-refractivity contribution in [2.45, 2.75) is 44.2 Å². The molecule has 0 aliphatic heterocycles. The highest BCUT2D eigenvalue weighted by atomic mass is 16.5. The second-order valence-electron chi connectivity index (χ2n) is 5.38. The summed E-state index contributed by atoms with van der Waals surface area (Å²) in [6, 6.07) is 8.16. The summed E-state index contributed by atoms with van der Waals surface area (Å²) in [5.41, 5.74) is 6.04. The Kier molecular flexibility index (Phi) is 5.75. The molecular weight excluding hydrogens is 268 g/mol. The highest BCUT2D eigenvalue weighted by molar-refractivity contribution is 5.88. The zero-order chi connectivity index (χ0) is 15.1. The smallest absolute Gasteiger partial charge is 0.246 e. The quantitative estimate of drug-likeness (QED) is 0.836. The lowest BCUT2D eigenvalue weighted by atomic mass is 9.98. The van der Waals surface area contributed by atoms with Gasteiger partial charge in [-0.05, 0) is 18.4 Å². The maximum atomic E-state index is 11.9. The first-order valence-corrected chi connectivity index (χ1v) is 7.42. The van der Waals surface area contributed by atoms with Crippen LogP contribution in [0.15, 0.2) is 30.3 Å². The third-order valence-electron chi connectivity index (χ3n) is 3.73. The molecule has 0 heterocycles. The number of carbonyl (C=O) groups is 2. The molecule has 3 N–H and O–H groups in total. The van der Waals surface area contributed by atoms with Crippen LogP contribution in [0.25, 0.3) is 0 Å². The molecule has 5 heteroatoms. The van der Waals surface area contributed by atoms with Crippen molar-refractivity contribution in [3.05, 3.63) is 35.9 Å².